The van der Waals surface area contributed by atoms with Crippen molar-refractivity contribution in [3.63, 3.8) is 0 Å². The number of carbonyl (C=O) groups is 4. The number of aliphatic carboxylic acids is 1. The molecule has 0 aromatic rings. The van der Waals surface area contributed by atoms with Crippen LogP contribution in [0.25, 0.3) is 5.32 Å². The van der Waals surface area contributed by atoms with Crippen LogP contribution in [0.2, 0.25) is 0 Å². The minimum absolute atomic E-state index is 0. The van der Waals surface area contributed by atoms with E-state index >= 15 is 0 Å². The normalized spacial score (nSPS) is 34.1. The van der Waals surface area contributed by atoms with E-state index < -0.39 is 34.5 Å². The fraction of sp³-hybridized carbons (Fsp3) is 0.615. The fourth-order valence-electron chi connectivity index (χ4n) is 6.38. The van der Waals surface area contributed by atoms with Gasteiger partial charge in [-0.1, -0.05) is 18.2 Å². The number of carboxylic acids is 1. The largest absolute Gasteiger partial charge is 2.00 e. The van der Waals surface area contributed by atoms with Crippen molar-refractivity contribution >= 4 is 61.6 Å². The zero-order valence-electron chi connectivity index (χ0n) is 21.2. The van der Waals surface area contributed by atoms with Crippen molar-refractivity contribution in [3.05, 3.63) is 40.8 Å². The van der Waals surface area contributed by atoms with Gasteiger partial charge in [0.2, 0.25) is 5.91 Å². The van der Waals surface area contributed by atoms with Crippen LogP contribution in [0.15, 0.2) is 35.5 Å². The van der Waals surface area contributed by atoms with Gasteiger partial charge in [0, 0.05) is 31.5 Å². The Balaban J connectivity index is 0.00000361. The molecule has 9 nitrogen and oxygen atoms in total. The number of allylic oxidation sites excluding steroid dienone is 3. The van der Waals surface area contributed by atoms with Crippen molar-refractivity contribution in [3.8, 4) is 0 Å². The maximum absolute atomic E-state index is 13.5. The van der Waals surface area contributed by atoms with Crippen molar-refractivity contribution < 1.29 is 33.8 Å². The summed E-state index contributed by atoms with van der Waals surface area (Å²) in [6.07, 6.45) is 8.14. The van der Waals surface area contributed by atoms with Gasteiger partial charge >= 0.3 is 49.7 Å². The Kier molecular flexibility index (Phi) is 8.80. The van der Waals surface area contributed by atoms with Crippen LogP contribution in [0.3, 0.4) is 0 Å². The molecule has 4 atom stereocenters. The third-order valence-electron chi connectivity index (χ3n) is 8.13. The second-order valence-electron chi connectivity index (χ2n) is 10.1. The first-order valence-corrected chi connectivity index (χ1v) is 12.2. The number of rotatable bonds is 5. The molecular weight excluding hydrogens is 492 g/mol. The first kappa shape index (κ1) is 28.9. The van der Waals surface area contributed by atoms with Gasteiger partial charge in [-0.3, -0.25) is 14.4 Å². The van der Waals surface area contributed by atoms with Crippen LogP contribution in [0, 0.1) is 11.3 Å². The Morgan fingerprint density at radius 2 is 1.92 bits per heavy atom. The molecule has 0 radical (unpaired) electrons. The number of carboxylic acid groups (broad SMARTS) is 1. The first-order valence-electron chi connectivity index (χ1n) is 12.2. The number of amides is 1. The van der Waals surface area contributed by atoms with Gasteiger partial charge in [0.25, 0.3) is 0 Å². The number of ether oxygens (including phenoxy) is 2. The van der Waals surface area contributed by atoms with Crippen LogP contribution >= 0.6 is 0 Å². The maximum Gasteiger partial charge on any atom is 2.00 e. The topological polar surface area (TPSA) is 127 Å². The molecule has 0 spiro atoms. The van der Waals surface area contributed by atoms with E-state index in [1.807, 2.05) is 0 Å². The van der Waals surface area contributed by atoms with E-state index in [-0.39, 0.29) is 74.4 Å². The number of carbonyl (C=O) groups excluding carboxylic acids is 4. The fourth-order valence-corrected chi connectivity index (χ4v) is 6.38. The Morgan fingerprint density at radius 1 is 1.22 bits per heavy atom. The molecule has 2 bridgehead atoms. The van der Waals surface area contributed by atoms with Gasteiger partial charge in [-0.2, -0.15) is 0 Å². The van der Waals surface area contributed by atoms with Gasteiger partial charge in [0.1, 0.15) is 16.6 Å². The van der Waals surface area contributed by atoms with E-state index in [0.717, 1.165) is 0 Å². The summed E-state index contributed by atoms with van der Waals surface area (Å²) >= 11 is 0. The summed E-state index contributed by atoms with van der Waals surface area (Å²) in [5, 5.41) is 15.8. The molecule has 4 rings (SSSR count). The molecular formula is C26H32CaN2O7. The van der Waals surface area contributed by atoms with Crippen LogP contribution in [0.5, 0.6) is 0 Å². The Labute approximate surface area is 241 Å². The number of piperazine rings is 1. The van der Waals surface area contributed by atoms with E-state index in [0.29, 0.717) is 44.6 Å². The molecule has 4 aliphatic rings. The average molecular weight is 525 g/mol. The molecule has 0 N–H and O–H groups in total. The third-order valence-corrected chi connectivity index (χ3v) is 8.13. The predicted molar refractivity (Wildman–Crippen MR) is 129 cm³/mol. The summed E-state index contributed by atoms with van der Waals surface area (Å²) in [5.74, 6) is -2.72. The van der Waals surface area contributed by atoms with Gasteiger partial charge in [-0.05, 0) is 57.6 Å². The Hall–Kier alpha value is -1.68. The predicted octanol–water partition coefficient (Wildman–Crippen LogP) is 1.20. The summed E-state index contributed by atoms with van der Waals surface area (Å²) in [5.41, 5.74) is -2.75. The molecule has 0 unspecified atom stereocenters. The van der Waals surface area contributed by atoms with Crippen molar-refractivity contribution in [1.29, 1.82) is 0 Å². The summed E-state index contributed by atoms with van der Waals surface area (Å²) in [6, 6.07) is 0. The first-order chi connectivity index (χ1) is 16.5. The number of hydrogen-bond donors (Lipinski definition) is 0. The molecule has 2 aliphatic heterocycles. The van der Waals surface area contributed by atoms with E-state index in [1.54, 1.807) is 37.0 Å². The average Bonchev–Trinajstić information content (AvgIpc) is 2.95. The molecule has 1 amide bonds. The van der Waals surface area contributed by atoms with E-state index in [4.69, 9.17) is 9.47 Å². The number of hydrogen-bond acceptors (Lipinski definition) is 7. The maximum atomic E-state index is 13.5. The zero-order chi connectivity index (χ0) is 25.4. The monoisotopic (exact) mass is 524 g/mol. The minimum atomic E-state index is -1.28. The smallest absolute Gasteiger partial charge is 0.659 e. The summed E-state index contributed by atoms with van der Waals surface area (Å²) < 4.78 is 12.0. The molecule has 36 heavy (non-hydrogen) atoms. The molecule has 2 aliphatic carbocycles. The molecule has 1 saturated carbocycles. The van der Waals surface area contributed by atoms with E-state index in [9.17, 15) is 24.3 Å². The second kappa shape index (κ2) is 11.0. The van der Waals surface area contributed by atoms with E-state index in [2.05, 4.69) is 5.32 Å². The molecule has 2 saturated heterocycles. The van der Waals surface area contributed by atoms with Crippen molar-refractivity contribution in [1.82, 2.24) is 4.90 Å². The quantitative estimate of drug-likeness (QED) is 0.229. The third kappa shape index (κ3) is 4.91. The van der Waals surface area contributed by atoms with Gasteiger partial charge in [-0.25, -0.2) is 0 Å². The van der Waals surface area contributed by atoms with Crippen LogP contribution in [-0.4, -0.2) is 104 Å². The van der Waals surface area contributed by atoms with Gasteiger partial charge in [-0.15, -0.1) is 13.1 Å². The summed E-state index contributed by atoms with van der Waals surface area (Å²) in [7, 11) is 0. The zero-order valence-corrected chi connectivity index (χ0v) is 23.4. The summed E-state index contributed by atoms with van der Waals surface area (Å²) in [6.45, 7) is 7.30. The molecule has 10 heteroatoms. The molecule has 0 aromatic carbocycles. The number of esters is 2. The van der Waals surface area contributed by atoms with Gasteiger partial charge in [0.05, 0.1) is 5.97 Å². The standard InChI is InChI=1S/C26H33N2O7.Ca/c1-17(21(30)28-15-13-27-14-16-28)5-4-9-24(3)20-8-11-25(23(33)35-24)10-6-19(22(31)32)7-12-26(20,25)34-18(2)29;/h4-6,9,20H,7-8,10-16H2,1-3H3,(H,31,32);/q-1;+2/p-1/b9-4+,17-5+;/t20-,24+,25+,26-;/m0./s1. The number of nitrogens with zero attached hydrogens (tertiary/aromatic N) is 2. The second-order valence-corrected chi connectivity index (χ2v) is 10.1. The Morgan fingerprint density at radius 3 is 2.56 bits per heavy atom. The van der Waals surface area contributed by atoms with Gasteiger partial charge in [0.15, 0.2) is 0 Å². The van der Waals surface area contributed by atoms with Crippen molar-refractivity contribution in [2.45, 2.75) is 64.1 Å². The van der Waals surface area contributed by atoms with Crippen molar-refractivity contribution in [2.75, 3.05) is 26.2 Å². The van der Waals surface area contributed by atoms with E-state index in [1.165, 1.54) is 13.0 Å². The molecule has 3 fully saturated rings. The molecule has 190 valence electrons. The van der Waals surface area contributed by atoms with Crippen molar-refractivity contribution in [2.24, 2.45) is 11.3 Å². The summed E-state index contributed by atoms with van der Waals surface area (Å²) in [4.78, 5) is 51.8. The Bertz CT molecular complexity index is 1030. The number of cyclic esters (lactones) is 1. The SMILES string of the molecule is CC(=O)O[C@]12CCC(C(=O)[O-])=CC[C@]13CC[C@H]2[C@@](C)(/C=C/C=C(\C)C(=O)N1CC[N-]CC1)OC3=O.[Ca+2]. The van der Waals surface area contributed by atoms with Gasteiger partial charge < -0.3 is 29.6 Å². The molecule has 2 heterocycles. The minimum Gasteiger partial charge on any atom is -0.659 e. The van der Waals surface area contributed by atoms with Crippen LogP contribution in [-0.2, 0) is 28.7 Å². The van der Waals surface area contributed by atoms with Crippen LogP contribution in [0.4, 0.5) is 0 Å². The van der Waals surface area contributed by atoms with Crippen LogP contribution < -0.4 is 5.11 Å². The molecule has 0 aromatic heterocycles. The van der Waals surface area contributed by atoms with Crippen LogP contribution in [0.1, 0.15) is 52.9 Å².